The number of H-pyrrole nitrogens is 1. The summed E-state index contributed by atoms with van der Waals surface area (Å²) in [6.45, 7) is 5.02. The van der Waals surface area contributed by atoms with Gasteiger partial charge in [-0.2, -0.15) is 0 Å². The third kappa shape index (κ3) is 5.84. The van der Waals surface area contributed by atoms with Gasteiger partial charge in [-0.15, -0.1) is 0 Å². The number of rotatable bonds is 7. The number of pyridine rings is 1. The molecule has 1 atom stereocenters. The maximum atomic E-state index is 12.8. The topological polar surface area (TPSA) is 100 Å². The highest BCUT2D eigenvalue weighted by Gasteiger charge is 2.23. The molecule has 9 heteroatoms. The fourth-order valence-corrected chi connectivity index (χ4v) is 4.05. The van der Waals surface area contributed by atoms with Gasteiger partial charge in [-0.05, 0) is 36.8 Å². The minimum atomic E-state index is -0.320. The van der Waals surface area contributed by atoms with E-state index in [1.165, 1.54) is 0 Å². The van der Waals surface area contributed by atoms with Gasteiger partial charge in [0.2, 0.25) is 5.91 Å². The second-order valence-corrected chi connectivity index (χ2v) is 8.35. The lowest BCUT2D eigenvalue weighted by atomic mass is 10.0. The standard InChI is InChI=1S/C24H26ClN5O3/c1-16-20(24(32)29-23(28-16)18-3-2-8-26-14-18)13-22(31)27-15-21(30-9-11-33-12-10-30)17-4-6-19(25)7-5-17/h2-8,14,21H,9-13,15H2,1H3,(H,27,31)(H,28,29,32). The molecule has 1 aliphatic rings. The molecule has 0 radical (unpaired) electrons. The first-order valence-electron chi connectivity index (χ1n) is 10.9. The minimum absolute atomic E-state index is 0.0134. The number of aryl methyl sites for hydroxylation is 1. The van der Waals surface area contributed by atoms with Gasteiger partial charge in [-0.3, -0.25) is 19.5 Å². The number of nitrogens with zero attached hydrogens (tertiary/aromatic N) is 3. The Bertz CT molecular complexity index is 1150. The summed E-state index contributed by atoms with van der Waals surface area (Å²) in [6, 6.07) is 11.2. The van der Waals surface area contributed by atoms with Crippen molar-refractivity contribution >= 4 is 17.5 Å². The van der Waals surface area contributed by atoms with E-state index in [0.29, 0.717) is 47.4 Å². The van der Waals surface area contributed by atoms with Crippen LogP contribution in [0.5, 0.6) is 0 Å². The second-order valence-electron chi connectivity index (χ2n) is 7.92. The first-order valence-corrected chi connectivity index (χ1v) is 11.2. The van der Waals surface area contributed by atoms with Gasteiger partial charge < -0.3 is 15.0 Å². The second kappa shape index (κ2) is 10.7. The average molecular weight is 468 g/mol. The molecule has 3 heterocycles. The molecule has 1 unspecified atom stereocenters. The molecule has 0 aliphatic carbocycles. The third-order valence-corrected chi connectivity index (χ3v) is 5.98. The number of aromatic amines is 1. The molecule has 1 aliphatic heterocycles. The zero-order chi connectivity index (χ0) is 23.2. The van der Waals surface area contributed by atoms with Crippen molar-refractivity contribution in [2.24, 2.45) is 0 Å². The molecule has 0 saturated carbocycles. The van der Waals surface area contributed by atoms with Crippen LogP contribution in [0.3, 0.4) is 0 Å². The highest BCUT2D eigenvalue weighted by atomic mass is 35.5. The number of benzene rings is 1. The zero-order valence-corrected chi connectivity index (χ0v) is 19.1. The lowest BCUT2D eigenvalue weighted by Crippen LogP contribution is -2.44. The number of ether oxygens (including phenoxy) is 1. The number of carbonyl (C=O) groups excluding carboxylic acids is 1. The third-order valence-electron chi connectivity index (χ3n) is 5.73. The van der Waals surface area contributed by atoms with Gasteiger partial charge in [0, 0.05) is 53.9 Å². The number of hydrogen-bond donors (Lipinski definition) is 2. The van der Waals surface area contributed by atoms with Crippen molar-refractivity contribution in [1.29, 1.82) is 0 Å². The van der Waals surface area contributed by atoms with E-state index < -0.39 is 0 Å². The van der Waals surface area contributed by atoms with Crippen LogP contribution in [0.1, 0.15) is 22.9 Å². The Kier molecular flexibility index (Phi) is 7.49. The summed E-state index contributed by atoms with van der Waals surface area (Å²) < 4.78 is 5.48. The molecule has 1 saturated heterocycles. The van der Waals surface area contributed by atoms with E-state index in [9.17, 15) is 9.59 Å². The molecular weight excluding hydrogens is 442 g/mol. The maximum absolute atomic E-state index is 12.8. The van der Waals surface area contributed by atoms with Crippen LogP contribution in [-0.4, -0.2) is 58.6 Å². The lowest BCUT2D eigenvalue weighted by Gasteiger charge is -2.35. The Labute approximate surface area is 197 Å². The van der Waals surface area contributed by atoms with Crippen molar-refractivity contribution in [3.05, 3.63) is 81.0 Å². The molecule has 1 amide bonds. The summed E-state index contributed by atoms with van der Waals surface area (Å²) in [7, 11) is 0. The number of aromatic nitrogens is 3. The van der Waals surface area contributed by atoms with E-state index >= 15 is 0 Å². The summed E-state index contributed by atoms with van der Waals surface area (Å²) in [4.78, 5) is 39.0. The van der Waals surface area contributed by atoms with E-state index in [2.05, 4.69) is 25.2 Å². The highest BCUT2D eigenvalue weighted by molar-refractivity contribution is 6.30. The number of carbonyl (C=O) groups is 1. The van der Waals surface area contributed by atoms with Crippen LogP contribution >= 0.6 is 11.6 Å². The summed E-state index contributed by atoms with van der Waals surface area (Å²) in [5, 5.41) is 3.66. The summed E-state index contributed by atoms with van der Waals surface area (Å²) >= 11 is 6.05. The molecule has 0 bridgehead atoms. The van der Waals surface area contributed by atoms with Crippen LogP contribution in [0.25, 0.3) is 11.4 Å². The molecule has 2 N–H and O–H groups in total. The van der Waals surface area contributed by atoms with Gasteiger partial charge in [-0.1, -0.05) is 23.7 Å². The van der Waals surface area contributed by atoms with Crippen molar-refractivity contribution in [1.82, 2.24) is 25.2 Å². The Hall–Kier alpha value is -3.07. The first-order chi connectivity index (χ1) is 16.0. The number of morpholine rings is 1. The van der Waals surface area contributed by atoms with Gasteiger partial charge in [0.05, 0.1) is 25.7 Å². The summed E-state index contributed by atoms with van der Waals surface area (Å²) in [5.74, 6) is 0.205. The van der Waals surface area contributed by atoms with Crippen LogP contribution in [0.4, 0.5) is 0 Å². The predicted octanol–water partition coefficient (Wildman–Crippen LogP) is 2.53. The molecule has 2 aromatic heterocycles. The molecule has 1 fully saturated rings. The van der Waals surface area contributed by atoms with E-state index in [1.807, 2.05) is 30.3 Å². The molecule has 3 aromatic rings. The number of hydrogen-bond acceptors (Lipinski definition) is 6. The van der Waals surface area contributed by atoms with E-state index in [1.54, 1.807) is 25.4 Å². The number of amides is 1. The molecule has 0 spiro atoms. The fourth-order valence-electron chi connectivity index (χ4n) is 3.92. The van der Waals surface area contributed by atoms with E-state index in [4.69, 9.17) is 16.3 Å². The van der Waals surface area contributed by atoms with Crippen molar-refractivity contribution in [2.75, 3.05) is 32.8 Å². The molecule has 1 aromatic carbocycles. The predicted molar refractivity (Wildman–Crippen MR) is 126 cm³/mol. The SMILES string of the molecule is Cc1nc(-c2cccnc2)[nH]c(=O)c1CC(=O)NCC(c1ccc(Cl)cc1)N1CCOCC1. The van der Waals surface area contributed by atoms with Gasteiger partial charge in [0.15, 0.2) is 0 Å². The molecule has 8 nitrogen and oxygen atoms in total. The normalized spacial score (nSPS) is 15.2. The van der Waals surface area contributed by atoms with Crippen LogP contribution < -0.4 is 10.9 Å². The summed E-state index contributed by atoms with van der Waals surface area (Å²) in [5.41, 5.74) is 2.34. The smallest absolute Gasteiger partial charge is 0.255 e. The fraction of sp³-hybridized carbons (Fsp3) is 0.333. The quantitative estimate of drug-likeness (QED) is 0.554. The van der Waals surface area contributed by atoms with Gasteiger partial charge >= 0.3 is 0 Å². The van der Waals surface area contributed by atoms with E-state index in [0.717, 1.165) is 18.7 Å². The van der Waals surface area contributed by atoms with Crippen molar-refractivity contribution in [2.45, 2.75) is 19.4 Å². The summed E-state index contributed by atoms with van der Waals surface area (Å²) in [6.07, 6.45) is 3.24. The van der Waals surface area contributed by atoms with Crippen LogP contribution in [0.15, 0.2) is 53.6 Å². The van der Waals surface area contributed by atoms with E-state index in [-0.39, 0.29) is 23.9 Å². The number of halogens is 1. The van der Waals surface area contributed by atoms with Crippen molar-refractivity contribution in [3.8, 4) is 11.4 Å². The lowest BCUT2D eigenvalue weighted by molar-refractivity contribution is -0.120. The van der Waals surface area contributed by atoms with Gasteiger partial charge in [0.1, 0.15) is 5.82 Å². The maximum Gasteiger partial charge on any atom is 0.255 e. The van der Waals surface area contributed by atoms with Crippen LogP contribution in [0.2, 0.25) is 5.02 Å². The molecule has 4 rings (SSSR count). The first kappa shape index (κ1) is 23.1. The Morgan fingerprint density at radius 3 is 2.67 bits per heavy atom. The number of nitrogens with one attached hydrogen (secondary N) is 2. The minimum Gasteiger partial charge on any atom is -0.379 e. The van der Waals surface area contributed by atoms with Crippen molar-refractivity contribution < 1.29 is 9.53 Å². The molecule has 172 valence electrons. The van der Waals surface area contributed by atoms with Crippen molar-refractivity contribution in [3.63, 3.8) is 0 Å². The monoisotopic (exact) mass is 467 g/mol. The van der Waals surface area contributed by atoms with Gasteiger partial charge in [0.25, 0.3) is 5.56 Å². The Balaban J connectivity index is 1.46. The average Bonchev–Trinajstić information content (AvgIpc) is 2.84. The molecule has 33 heavy (non-hydrogen) atoms. The molecular formula is C24H26ClN5O3. The highest BCUT2D eigenvalue weighted by Crippen LogP contribution is 2.23. The largest absolute Gasteiger partial charge is 0.379 e. The Morgan fingerprint density at radius 1 is 1.24 bits per heavy atom. The zero-order valence-electron chi connectivity index (χ0n) is 18.4. The van der Waals surface area contributed by atoms with Crippen LogP contribution in [-0.2, 0) is 16.0 Å². The van der Waals surface area contributed by atoms with Gasteiger partial charge in [-0.25, -0.2) is 4.98 Å². The Morgan fingerprint density at radius 2 is 2.00 bits per heavy atom. The van der Waals surface area contributed by atoms with Crippen LogP contribution in [0, 0.1) is 6.92 Å².